The topological polar surface area (TPSA) is 65.2 Å². The van der Waals surface area contributed by atoms with E-state index in [2.05, 4.69) is 4.98 Å². The van der Waals surface area contributed by atoms with Gasteiger partial charge in [-0.05, 0) is 50.6 Å². The smallest absolute Gasteiger partial charge is 0.215 e. The van der Waals surface area contributed by atoms with Gasteiger partial charge in [-0.2, -0.15) is 0 Å². The van der Waals surface area contributed by atoms with Crippen molar-refractivity contribution in [2.45, 2.75) is 12.1 Å². The van der Waals surface area contributed by atoms with Crippen LogP contribution < -0.4 is 4.72 Å². The first-order chi connectivity index (χ1) is 15.8. The van der Waals surface area contributed by atoms with Gasteiger partial charge < -0.3 is 9.88 Å². The van der Waals surface area contributed by atoms with Crippen LogP contribution >= 0.6 is 0 Å². The number of hydrogen-bond acceptors (Lipinski definition) is 3. The zero-order chi connectivity index (χ0) is 28.4. The molecule has 5 nitrogen and oxygen atoms in total. The monoisotopic (exact) mass is 311 g/mol. The summed E-state index contributed by atoms with van der Waals surface area (Å²) in [6, 6.07) is -2.91. The molecule has 1 aromatic carbocycles. The summed E-state index contributed by atoms with van der Waals surface area (Å²) in [7, 11) is -5.43. The Kier molecular flexibility index (Phi) is 1.36. The molecule has 2 aromatic rings. The lowest BCUT2D eigenvalue weighted by Gasteiger charge is -2.08. The molecule has 0 radical (unpaired) electrons. The van der Waals surface area contributed by atoms with Gasteiger partial charge >= 0.3 is 0 Å². The van der Waals surface area contributed by atoms with Crippen molar-refractivity contribution in [1.29, 1.82) is 0 Å². The summed E-state index contributed by atoms with van der Waals surface area (Å²) in [5, 5.41) is -0.473. The molecule has 0 spiro atoms. The molecule has 0 bridgehead atoms. The summed E-state index contributed by atoms with van der Waals surface area (Å²) >= 11 is 0. The van der Waals surface area contributed by atoms with E-state index in [1.165, 1.54) is 0 Å². The van der Waals surface area contributed by atoms with Crippen LogP contribution in [-0.2, 0) is 22.1 Å². The van der Waals surface area contributed by atoms with Crippen molar-refractivity contribution in [2.24, 2.45) is 0 Å². The zero-order valence-electron chi connectivity index (χ0n) is 26.0. The van der Waals surface area contributed by atoms with Crippen LogP contribution in [0.15, 0.2) is 24.3 Å². The van der Waals surface area contributed by atoms with Crippen LogP contribution in [0.3, 0.4) is 0 Å². The molecule has 0 unspecified atom stereocenters. The Bertz CT molecular complexity index is 1240. The third kappa shape index (κ3) is 3.59. The van der Waals surface area contributed by atoms with E-state index in [4.69, 9.17) is 21.9 Å². The van der Waals surface area contributed by atoms with Gasteiger partial charge in [-0.25, -0.2) is 13.1 Å². The highest BCUT2D eigenvalue weighted by Gasteiger charge is 2.11. The van der Waals surface area contributed by atoms with E-state index in [0.29, 0.717) is 0 Å². The molecule has 0 fully saturated rings. The number of H-pyrrole nitrogens is 1. The summed E-state index contributed by atoms with van der Waals surface area (Å²) in [6.07, 6.45) is -0.0288. The van der Waals surface area contributed by atoms with Gasteiger partial charge in [0.15, 0.2) is 0 Å². The summed E-state index contributed by atoms with van der Waals surface area (Å²) in [4.78, 5) is 2.11. The first-order valence-corrected chi connectivity index (χ1v) is 6.68. The maximum Gasteiger partial charge on any atom is 0.215 e. The van der Waals surface area contributed by atoms with Gasteiger partial charge in [0.2, 0.25) is 10.0 Å². The number of fused-ring (bicyclic) bond motifs is 1. The van der Waals surface area contributed by atoms with Crippen LogP contribution in [0.4, 0.5) is 0 Å². The third-order valence-electron chi connectivity index (χ3n) is 2.32. The fourth-order valence-electron chi connectivity index (χ4n) is 1.50. The van der Waals surface area contributed by atoms with E-state index < -0.39 is 78.7 Å². The zero-order valence-corrected chi connectivity index (χ0v) is 10.8. The number of nitrogens with zero attached hydrogens (tertiary/aromatic N) is 1. The average molecular weight is 312 g/mol. The molecule has 20 heavy (non-hydrogen) atoms. The number of hydrogen-bond donors (Lipinski definition) is 2. The van der Waals surface area contributed by atoms with E-state index in [1.54, 1.807) is 0 Å². The molecule has 110 valence electrons. The van der Waals surface area contributed by atoms with E-state index >= 15 is 0 Å². The minimum Gasteiger partial charge on any atom is -0.361 e. The Labute approximate surface area is 142 Å². The summed E-state index contributed by atoms with van der Waals surface area (Å²) in [5.74, 6) is 0. The van der Waals surface area contributed by atoms with Crippen LogP contribution in [-0.4, -0.2) is 45.7 Å². The Morgan fingerprint density at radius 3 is 3.10 bits per heavy atom. The van der Waals surface area contributed by atoms with Crippen molar-refractivity contribution in [3.63, 3.8) is 0 Å². The lowest BCUT2D eigenvalue weighted by Crippen LogP contribution is -2.20. The van der Waals surface area contributed by atoms with Crippen molar-refractivity contribution >= 4 is 20.9 Å². The normalized spacial score (nSPS) is 27.4. The van der Waals surface area contributed by atoms with E-state index in [1.807, 2.05) is 0 Å². The molecule has 6 heteroatoms. The summed E-state index contributed by atoms with van der Waals surface area (Å²) in [5.41, 5.74) is -5.59. The number of likely N-dealkylation sites (N-methyl/N-ethyl adjacent to an activating group) is 1. The lowest BCUT2D eigenvalue weighted by molar-refractivity contribution is 0.414. The maximum atomic E-state index is 12.5. The highest BCUT2D eigenvalue weighted by atomic mass is 32.2. The third-order valence-corrected chi connectivity index (χ3v) is 3.06. The molecule has 0 aliphatic heterocycles. The standard InChI is InChI=1S/C14H21N3O2S/c1-15-20(18,19)10-11-4-5-14-13(8-11)12(9-16-14)6-7-17(2)3/h4-5,8-9,15-16H,6-7,10H2,1-3H3/i1D3,2D3,3D3,4D,5D,7D2,8D,10D2. The predicted molar refractivity (Wildman–Crippen MR) is 82.2 cm³/mol. The van der Waals surface area contributed by atoms with Crippen LogP contribution in [0.25, 0.3) is 10.9 Å². The second-order valence-corrected chi connectivity index (χ2v) is 5.11. The first-order valence-electron chi connectivity index (χ1n) is 13.2. The average Bonchev–Trinajstić information content (AvgIpc) is 2.97. The number of sulfonamides is 1. The quantitative estimate of drug-likeness (QED) is 0.845. The highest BCUT2D eigenvalue weighted by molar-refractivity contribution is 7.88. The van der Waals surface area contributed by atoms with Crippen molar-refractivity contribution in [1.82, 2.24) is 14.6 Å². The van der Waals surface area contributed by atoms with Gasteiger partial charge in [0, 0.05) is 41.4 Å². The number of aromatic amines is 1. The molecular formula is C14H21N3O2S. The van der Waals surface area contributed by atoms with Crippen LogP contribution in [0, 0.1) is 0 Å². The summed E-state index contributed by atoms with van der Waals surface area (Å²) in [6.45, 7) is -13.4. The highest BCUT2D eigenvalue weighted by Crippen LogP contribution is 2.21. The molecule has 0 amide bonds. The fraction of sp³-hybridized carbons (Fsp3) is 0.429. The Balaban J connectivity index is 2.81. The number of benzene rings is 1. The van der Waals surface area contributed by atoms with E-state index in [0.717, 1.165) is 10.9 Å². The number of nitrogens with one attached hydrogen (secondary N) is 2. The Morgan fingerprint density at radius 1 is 1.50 bits per heavy atom. The van der Waals surface area contributed by atoms with Crippen molar-refractivity contribution < 1.29 is 30.3 Å². The first kappa shape index (κ1) is 4.56. The van der Waals surface area contributed by atoms with Crippen LogP contribution in [0.1, 0.15) is 33.1 Å². The molecule has 0 atom stereocenters. The number of aromatic nitrogens is 1. The molecule has 1 heterocycles. The molecule has 1 aromatic heterocycles. The fourth-order valence-corrected chi connectivity index (χ4v) is 1.92. The number of aryl methyl sites for hydroxylation is 1. The Hall–Kier alpha value is -1.37. The van der Waals surface area contributed by atoms with Crippen molar-refractivity contribution in [3.8, 4) is 0 Å². The molecule has 2 N–H and O–H groups in total. The van der Waals surface area contributed by atoms with Crippen molar-refractivity contribution in [2.75, 3.05) is 27.4 Å². The minimum atomic E-state index is -5.43. The van der Waals surface area contributed by atoms with Gasteiger partial charge in [0.25, 0.3) is 0 Å². The molecule has 0 aliphatic rings. The van der Waals surface area contributed by atoms with Gasteiger partial charge in [-0.15, -0.1) is 0 Å². The maximum absolute atomic E-state index is 12.5. The van der Waals surface area contributed by atoms with Gasteiger partial charge in [-0.3, -0.25) is 0 Å². The SMILES string of the molecule is [2H]c1c(C([2H])([2H])S(=O)(=O)NC([2H])([2H])[2H])c([2H])c2c(CC([2H])([2H])N(C([2H])([2H])[2H])C([2H])([2H])[2H])c[nH]c2c1[2H]. The molecule has 0 aliphatic carbocycles. The molecule has 0 saturated heterocycles. The lowest BCUT2D eigenvalue weighted by atomic mass is 10.1. The minimum absolute atomic E-state index is 0.315. The second-order valence-electron chi connectivity index (χ2n) is 3.69. The second kappa shape index (κ2) is 5.95. The predicted octanol–water partition coefficient (Wildman–Crippen LogP) is 1.32. The van der Waals surface area contributed by atoms with Crippen LogP contribution in [0.5, 0.6) is 0 Å². The number of rotatable bonds is 6. The van der Waals surface area contributed by atoms with E-state index in [9.17, 15) is 8.42 Å². The van der Waals surface area contributed by atoms with Gasteiger partial charge in [0.05, 0.1) is 9.82 Å². The van der Waals surface area contributed by atoms with Gasteiger partial charge in [0.1, 0.15) is 0 Å². The van der Waals surface area contributed by atoms with Gasteiger partial charge in [-0.1, -0.05) is 6.04 Å². The van der Waals surface area contributed by atoms with E-state index in [-0.39, 0.29) is 16.0 Å². The van der Waals surface area contributed by atoms with Crippen molar-refractivity contribution in [3.05, 3.63) is 35.5 Å². The van der Waals surface area contributed by atoms with Crippen LogP contribution in [0.2, 0.25) is 0 Å². The largest absolute Gasteiger partial charge is 0.361 e. The molecule has 2 rings (SSSR count). The molecular weight excluding hydrogens is 274 g/mol. The summed E-state index contributed by atoms with van der Waals surface area (Å²) < 4.78 is 149. The molecule has 0 saturated carbocycles. The Morgan fingerprint density at radius 2 is 2.35 bits per heavy atom.